The standard InChI is InChI=1S/C9H11FN2O4S/c1-6(2)17(15,16)11-7-3-4-9(12(13)14)8(10)5-7/h3-6,11H,1-2H3. The van der Waals surface area contributed by atoms with Crippen molar-refractivity contribution in [1.82, 2.24) is 0 Å². The molecule has 0 aliphatic rings. The lowest BCUT2D eigenvalue weighted by Gasteiger charge is -2.10. The van der Waals surface area contributed by atoms with Gasteiger partial charge in [0, 0.05) is 12.1 Å². The third-order valence-electron chi connectivity index (χ3n) is 2.03. The Morgan fingerprint density at radius 1 is 1.41 bits per heavy atom. The summed E-state index contributed by atoms with van der Waals surface area (Å²) < 4.78 is 38.3. The molecule has 0 atom stereocenters. The van der Waals surface area contributed by atoms with E-state index in [-0.39, 0.29) is 5.69 Å². The van der Waals surface area contributed by atoms with Gasteiger partial charge in [0.05, 0.1) is 15.9 Å². The van der Waals surface area contributed by atoms with Gasteiger partial charge in [-0.1, -0.05) is 0 Å². The highest BCUT2D eigenvalue weighted by atomic mass is 32.2. The zero-order valence-electron chi connectivity index (χ0n) is 9.18. The molecule has 17 heavy (non-hydrogen) atoms. The predicted octanol–water partition coefficient (Wildman–Crippen LogP) is 1.88. The summed E-state index contributed by atoms with van der Waals surface area (Å²) in [4.78, 5) is 9.47. The van der Waals surface area contributed by atoms with Gasteiger partial charge in [-0.25, -0.2) is 8.42 Å². The van der Waals surface area contributed by atoms with Gasteiger partial charge in [0.2, 0.25) is 15.8 Å². The molecule has 0 radical (unpaired) electrons. The minimum absolute atomic E-state index is 0.0400. The second kappa shape index (κ2) is 4.66. The number of hydrogen-bond donors (Lipinski definition) is 1. The molecular formula is C9H11FN2O4S. The molecule has 1 aromatic carbocycles. The van der Waals surface area contributed by atoms with E-state index in [0.717, 1.165) is 18.2 Å². The number of sulfonamides is 1. The molecule has 0 unspecified atom stereocenters. The van der Waals surface area contributed by atoms with Crippen molar-refractivity contribution >= 4 is 21.4 Å². The zero-order valence-corrected chi connectivity index (χ0v) is 9.99. The molecule has 0 aromatic heterocycles. The van der Waals surface area contributed by atoms with Gasteiger partial charge < -0.3 is 0 Å². The smallest absolute Gasteiger partial charge is 0.283 e. The molecule has 94 valence electrons. The summed E-state index contributed by atoms with van der Waals surface area (Å²) in [6.07, 6.45) is 0. The lowest BCUT2D eigenvalue weighted by atomic mass is 10.3. The number of nitro benzene ring substituents is 1. The summed E-state index contributed by atoms with van der Waals surface area (Å²) >= 11 is 0. The lowest BCUT2D eigenvalue weighted by Crippen LogP contribution is -2.22. The second-order valence-corrected chi connectivity index (χ2v) is 5.86. The first kappa shape index (κ1) is 13.4. The Hall–Kier alpha value is -1.70. The van der Waals surface area contributed by atoms with Crippen molar-refractivity contribution in [2.75, 3.05) is 4.72 Å². The van der Waals surface area contributed by atoms with Crippen LogP contribution in [-0.2, 0) is 10.0 Å². The maximum Gasteiger partial charge on any atom is 0.304 e. The third kappa shape index (κ3) is 3.13. The van der Waals surface area contributed by atoms with Gasteiger partial charge in [-0.15, -0.1) is 0 Å². The van der Waals surface area contributed by atoms with E-state index in [0.29, 0.717) is 0 Å². The van der Waals surface area contributed by atoms with Crippen LogP contribution in [0.15, 0.2) is 18.2 Å². The number of benzene rings is 1. The summed E-state index contributed by atoms with van der Waals surface area (Å²) in [5, 5.41) is 9.67. The average Bonchev–Trinajstić information content (AvgIpc) is 2.15. The molecule has 0 aliphatic carbocycles. The number of hydrogen-bond acceptors (Lipinski definition) is 4. The Labute approximate surface area is 97.7 Å². The molecule has 0 saturated carbocycles. The van der Waals surface area contributed by atoms with Crippen LogP contribution < -0.4 is 4.72 Å². The van der Waals surface area contributed by atoms with E-state index in [1.807, 2.05) is 0 Å². The van der Waals surface area contributed by atoms with Gasteiger partial charge in [-0.3, -0.25) is 14.8 Å². The highest BCUT2D eigenvalue weighted by Crippen LogP contribution is 2.21. The fourth-order valence-corrected chi connectivity index (χ4v) is 1.69. The fraction of sp³-hybridized carbons (Fsp3) is 0.333. The number of nitro groups is 1. The molecule has 1 aromatic rings. The molecular weight excluding hydrogens is 251 g/mol. The first-order valence-corrected chi connectivity index (χ1v) is 6.24. The van der Waals surface area contributed by atoms with Gasteiger partial charge in [0.1, 0.15) is 0 Å². The highest BCUT2D eigenvalue weighted by molar-refractivity contribution is 7.93. The van der Waals surface area contributed by atoms with Crippen LogP contribution in [0.2, 0.25) is 0 Å². The first-order valence-electron chi connectivity index (χ1n) is 4.69. The van der Waals surface area contributed by atoms with Gasteiger partial charge in [0.15, 0.2) is 0 Å². The minimum Gasteiger partial charge on any atom is -0.283 e. The number of rotatable bonds is 4. The Kier molecular flexibility index (Phi) is 3.66. The van der Waals surface area contributed by atoms with E-state index in [1.54, 1.807) is 0 Å². The first-order chi connectivity index (χ1) is 7.74. The van der Waals surface area contributed by atoms with Crippen molar-refractivity contribution in [3.05, 3.63) is 34.1 Å². The normalized spacial score (nSPS) is 11.5. The van der Waals surface area contributed by atoms with Gasteiger partial charge in [-0.05, 0) is 19.9 Å². The maximum atomic E-state index is 13.2. The Morgan fingerprint density at radius 2 is 2.00 bits per heavy atom. The van der Waals surface area contributed by atoms with Crippen LogP contribution in [0.3, 0.4) is 0 Å². The topological polar surface area (TPSA) is 89.3 Å². The molecule has 0 bridgehead atoms. The van der Waals surface area contributed by atoms with Crippen molar-refractivity contribution in [2.24, 2.45) is 0 Å². The van der Waals surface area contributed by atoms with Crippen LogP contribution in [-0.4, -0.2) is 18.6 Å². The third-order valence-corrected chi connectivity index (χ3v) is 3.79. The van der Waals surface area contributed by atoms with E-state index >= 15 is 0 Å². The number of anilines is 1. The van der Waals surface area contributed by atoms with Crippen LogP contribution in [0.25, 0.3) is 0 Å². The minimum atomic E-state index is -3.59. The van der Waals surface area contributed by atoms with E-state index in [9.17, 15) is 22.9 Å². The fourth-order valence-electron chi connectivity index (χ4n) is 1.00. The SMILES string of the molecule is CC(C)S(=O)(=O)Nc1ccc([N+](=O)[O-])c(F)c1. The largest absolute Gasteiger partial charge is 0.304 e. The molecule has 0 heterocycles. The molecule has 0 saturated heterocycles. The van der Waals surface area contributed by atoms with Crippen LogP contribution in [0.4, 0.5) is 15.8 Å². The van der Waals surface area contributed by atoms with Crippen molar-refractivity contribution in [3.63, 3.8) is 0 Å². The summed E-state index contributed by atoms with van der Waals surface area (Å²) in [5.74, 6) is -1.08. The number of nitrogens with one attached hydrogen (secondary N) is 1. The van der Waals surface area contributed by atoms with Gasteiger partial charge in [0.25, 0.3) is 0 Å². The Morgan fingerprint density at radius 3 is 2.41 bits per heavy atom. The van der Waals surface area contributed by atoms with E-state index in [1.165, 1.54) is 13.8 Å². The molecule has 8 heteroatoms. The number of halogens is 1. The summed E-state index contributed by atoms with van der Waals surface area (Å²) in [6, 6.07) is 2.83. The molecule has 0 spiro atoms. The van der Waals surface area contributed by atoms with E-state index < -0.39 is 31.7 Å². The van der Waals surface area contributed by atoms with Crippen molar-refractivity contribution in [3.8, 4) is 0 Å². The highest BCUT2D eigenvalue weighted by Gasteiger charge is 2.18. The van der Waals surface area contributed by atoms with Crippen LogP contribution in [0.1, 0.15) is 13.8 Å². The zero-order chi connectivity index (χ0) is 13.2. The van der Waals surface area contributed by atoms with E-state index in [2.05, 4.69) is 4.72 Å². The molecule has 0 aliphatic heterocycles. The summed E-state index contributed by atoms with van der Waals surface area (Å²) in [5.41, 5.74) is -0.737. The van der Waals surface area contributed by atoms with Crippen molar-refractivity contribution in [2.45, 2.75) is 19.1 Å². The quantitative estimate of drug-likeness (QED) is 0.662. The molecule has 6 nitrogen and oxygen atoms in total. The summed E-state index contributed by atoms with van der Waals surface area (Å²) in [6.45, 7) is 2.92. The van der Waals surface area contributed by atoms with E-state index in [4.69, 9.17) is 0 Å². The van der Waals surface area contributed by atoms with Crippen molar-refractivity contribution < 1.29 is 17.7 Å². The van der Waals surface area contributed by atoms with Crippen LogP contribution in [0, 0.1) is 15.9 Å². The number of nitrogens with zero attached hydrogens (tertiary/aromatic N) is 1. The monoisotopic (exact) mass is 262 g/mol. The molecule has 0 amide bonds. The summed E-state index contributed by atoms with van der Waals surface area (Å²) in [7, 11) is -3.59. The maximum absolute atomic E-state index is 13.2. The second-order valence-electron chi connectivity index (χ2n) is 3.62. The Balaban J connectivity index is 3.04. The predicted molar refractivity (Wildman–Crippen MR) is 60.7 cm³/mol. The molecule has 1 rings (SSSR count). The van der Waals surface area contributed by atoms with Gasteiger partial charge in [-0.2, -0.15) is 4.39 Å². The average molecular weight is 262 g/mol. The van der Waals surface area contributed by atoms with Gasteiger partial charge >= 0.3 is 5.69 Å². The van der Waals surface area contributed by atoms with Crippen molar-refractivity contribution in [1.29, 1.82) is 0 Å². The molecule has 1 N–H and O–H groups in total. The van der Waals surface area contributed by atoms with Crippen LogP contribution >= 0.6 is 0 Å². The lowest BCUT2D eigenvalue weighted by molar-refractivity contribution is -0.387. The van der Waals surface area contributed by atoms with Crippen LogP contribution in [0.5, 0.6) is 0 Å². The Bertz CT molecular complexity index is 542. The molecule has 0 fully saturated rings.